The highest BCUT2D eigenvalue weighted by atomic mass is 16.2. The molecule has 0 spiro atoms. The number of aromatic nitrogens is 2. The Morgan fingerprint density at radius 3 is 2.88 bits per heavy atom. The number of carbonyl (C=O) groups is 1. The molecule has 1 aromatic heterocycles. The molecule has 1 heterocycles. The SMILES string of the molecule is CCn1ncc(N)c1C(=O)NCCCN(C)C. The van der Waals surface area contributed by atoms with Crippen molar-refractivity contribution in [2.24, 2.45) is 0 Å². The zero-order valence-electron chi connectivity index (χ0n) is 10.7. The van der Waals surface area contributed by atoms with Gasteiger partial charge in [0, 0.05) is 13.1 Å². The minimum absolute atomic E-state index is 0.152. The van der Waals surface area contributed by atoms with Crippen LogP contribution in [0.4, 0.5) is 5.69 Å². The summed E-state index contributed by atoms with van der Waals surface area (Å²) in [6, 6.07) is 0. The average molecular weight is 239 g/mol. The molecule has 1 aromatic rings. The third-order valence-corrected chi connectivity index (χ3v) is 2.45. The van der Waals surface area contributed by atoms with Crippen LogP contribution in [0.25, 0.3) is 0 Å². The van der Waals surface area contributed by atoms with Gasteiger partial charge in [0.25, 0.3) is 5.91 Å². The topological polar surface area (TPSA) is 76.2 Å². The molecule has 0 aliphatic carbocycles. The molecule has 1 amide bonds. The molecule has 0 atom stereocenters. The molecule has 0 aliphatic heterocycles. The van der Waals surface area contributed by atoms with E-state index in [9.17, 15) is 4.79 Å². The Bertz CT molecular complexity index is 372. The first-order valence-corrected chi connectivity index (χ1v) is 5.80. The fourth-order valence-electron chi connectivity index (χ4n) is 1.57. The van der Waals surface area contributed by atoms with Crippen molar-refractivity contribution in [2.75, 3.05) is 32.9 Å². The molecule has 0 unspecified atom stereocenters. The zero-order chi connectivity index (χ0) is 12.8. The number of nitrogens with two attached hydrogens (primary N) is 1. The summed E-state index contributed by atoms with van der Waals surface area (Å²) < 4.78 is 1.61. The molecule has 0 bridgehead atoms. The van der Waals surface area contributed by atoms with Crippen LogP contribution in [-0.2, 0) is 6.54 Å². The van der Waals surface area contributed by atoms with Crippen molar-refractivity contribution < 1.29 is 4.79 Å². The van der Waals surface area contributed by atoms with E-state index >= 15 is 0 Å². The number of nitrogen functional groups attached to an aromatic ring is 1. The Balaban J connectivity index is 2.49. The van der Waals surface area contributed by atoms with E-state index in [0.717, 1.165) is 13.0 Å². The number of nitrogens with one attached hydrogen (secondary N) is 1. The molecule has 0 aliphatic rings. The maximum atomic E-state index is 11.9. The van der Waals surface area contributed by atoms with Crippen molar-refractivity contribution in [1.82, 2.24) is 20.0 Å². The second-order valence-corrected chi connectivity index (χ2v) is 4.18. The summed E-state index contributed by atoms with van der Waals surface area (Å²) in [5.74, 6) is -0.152. The normalized spacial score (nSPS) is 10.8. The standard InChI is InChI=1S/C11H21N5O/c1-4-16-10(9(12)8-14-16)11(17)13-6-5-7-15(2)3/h8H,4-7,12H2,1-3H3,(H,13,17). The lowest BCUT2D eigenvalue weighted by Crippen LogP contribution is -2.29. The molecule has 3 N–H and O–H groups in total. The summed E-state index contributed by atoms with van der Waals surface area (Å²) in [5.41, 5.74) is 6.60. The number of carbonyl (C=O) groups excluding carboxylic acids is 1. The molecular formula is C11H21N5O. The number of hydrogen-bond acceptors (Lipinski definition) is 4. The predicted octanol–water partition coefficient (Wildman–Crippen LogP) is 0.167. The summed E-state index contributed by atoms with van der Waals surface area (Å²) in [5, 5.41) is 6.88. The molecular weight excluding hydrogens is 218 g/mol. The fraction of sp³-hybridized carbons (Fsp3) is 0.636. The van der Waals surface area contributed by atoms with Gasteiger partial charge in [-0.25, -0.2) is 0 Å². The Labute approximate surface area is 102 Å². The average Bonchev–Trinajstić information content (AvgIpc) is 2.65. The van der Waals surface area contributed by atoms with Gasteiger partial charge in [0.05, 0.1) is 11.9 Å². The van der Waals surface area contributed by atoms with Crippen LogP contribution < -0.4 is 11.1 Å². The van der Waals surface area contributed by atoms with Crippen LogP contribution in [0, 0.1) is 0 Å². The van der Waals surface area contributed by atoms with Gasteiger partial charge in [-0.15, -0.1) is 0 Å². The Kier molecular flexibility index (Phi) is 4.96. The van der Waals surface area contributed by atoms with E-state index in [0.29, 0.717) is 24.5 Å². The Morgan fingerprint density at radius 1 is 1.59 bits per heavy atom. The highest BCUT2D eigenvalue weighted by molar-refractivity contribution is 5.97. The first-order chi connectivity index (χ1) is 8.06. The number of amides is 1. The minimum atomic E-state index is -0.152. The van der Waals surface area contributed by atoms with Crippen molar-refractivity contribution in [2.45, 2.75) is 19.9 Å². The van der Waals surface area contributed by atoms with Gasteiger partial charge in [-0.3, -0.25) is 9.48 Å². The Morgan fingerprint density at radius 2 is 2.29 bits per heavy atom. The summed E-state index contributed by atoms with van der Waals surface area (Å²) in [7, 11) is 4.01. The number of hydrogen-bond donors (Lipinski definition) is 2. The number of aryl methyl sites for hydroxylation is 1. The third kappa shape index (κ3) is 3.74. The molecule has 0 saturated heterocycles. The van der Waals surface area contributed by atoms with Gasteiger partial charge in [-0.2, -0.15) is 5.10 Å². The van der Waals surface area contributed by atoms with E-state index in [1.54, 1.807) is 4.68 Å². The molecule has 0 saturated carbocycles. The van der Waals surface area contributed by atoms with Crippen LogP contribution in [0.2, 0.25) is 0 Å². The van der Waals surface area contributed by atoms with Crippen LogP contribution in [0.15, 0.2) is 6.20 Å². The molecule has 0 radical (unpaired) electrons. The highest BCUT2D eigenvalue weighted by Gasteiger charge is 2.15. The zero-order valence-corrected chi connectivity index (χ0v) is 10.7. The quantitative estimate of drug-likeness (QED) is 0.694. The Hall–Kier alpha value is -1.56. The van der Waals surface area contributed by atoms with Crippen LogP contribution >= 0.6 is 0 Å². The van der Waals surface area contributed by atoms with Crippen LogP contribution in [0.5, 0.6) is 0 Å². The maximum Gasteiger partial charge on any atom is 0.271 e. The van der Waals surface area contributed by atoms with Crippen molar-refractivity contribution >= 4 is 11.6 Å². The maximum absolute atomic E-state index is 11.9. The molecule has 6 heteroatoms. The van der Waals surface area contributed by atoms with E-state index in [1.807, 2.05) is 21.0 Å². The van der Waals surface area contributed by atoms with Gasteiger partial charge in [0.15, 0.2) is 0 Å². The van der Waals surface area contributed by atoms with Crippen molar-refractivity contribution in [3.63, 3.8) is 0 Å². The van der Waals surface area contributed by atoms with E-state index in [2.05, 4.69) is 15.3 Å². The second-order valence-electron chi connectivity index (χ2n) is 4.18. The monoisotopic (exact) mass is 239 g/mol. The molecule has 17 heavy (non-hydrogen) atoms. The molecule has 6 nitrogen and oxygen atoms in total. The van der Waals surface area contributed by atoms with Gasteiger partial charge in [-0.1, -0.05) is 0 Å². The van der Waals surface area contributed by atoms with Crippen LogP contribution in [-0.4, -0.2) is 47.8 Å². The van der Waals surface area contributed by atoms with Gasteiger partial charge >= 0.3 is 0 Å². The van der Waals surface area contributed by atoms with Gasteiger partial charge in [0.1, 0.15) is 5.69 Å². The lowest BCUT2D eigenvalue weighted by atomic mass is 10.3. The summed E-state index contributed by atoms with van der Waals surface area (Å²) in [4.78, 5) is 14.0. The van der Waals surface area contributed by atoms with Gasteiger partial charge < -0.3 is 16.0 Å². The lowest BCUT2D eigenvalue weighted by Gasteiger charge is -2.10. The summed E-state index contributed by atoms with van der Waals surface area (Å²) in [6.07, 6.45) is 2.43. The molecule has 96 valence electrons. The van der Waals surface area contributed by atoms with E-state index < -0.39 is 0 Å². The van der Waals surface area contributed by atoms with Crippen LogP contribution in [0.1, 0.15) is 23.8 Å². The first-order valence-electron chi connectivity index (χ1n) is 5.80. The highest BCUT2D eigenvalue weighted by Crippen LogP contribution is 2.10. The lowest BCUT2D eigenvalue weighted by molar-refractivity contribution is 0.0942. The fourth-order valence-corrected chi connectivity index (χ4v) is 1.57. The van der Waals surface area contributed by atoms with E-state index in [4.69, 9.17) is 5.73 Å². The summed E-state index contributed by atoms with van der Waals surface area (Å²) >= 11 is 0. The van der Waals surface area contributed by atoms with Gasteiger partial charge in [0.2, 0.25) is 0 Å². The smallest absolute Gasteiger partial charge is 0.271 e. The van der Waals surface area contributed by atoms with Crippen molar-refractivity contribution in [3.8, 4) is 0 Å². The number of anilines is 1. The van der Waals surface area contributed by atoms with Crippen molar-refractivity contribution in [1.29, 1.82) is 0 Å². The largest absolute Gasteiger partial charge is 0.396 e. The number of rotatable bonds is 6. The van der Waals surface area contributed by atoms with E-state index in [-0.39, 0.29) is 5.91 Å². The molecule has 1 rings (SSSR count). The predicted molar refractivity (Wildman–Crippen MR) is 67.8 cm³/mol. The van der Waals surface area contributed by atoms with Crippen molar-refractivity contribution in [3.05, 3.63) is 11.9 Å². The summed E-state index contributed by atoms with van der Waals surface area (Å²) in [6.45, 7) is 4.15. The molecule has 0 aromatic carbocycles. The first kappa shape index (κ1) is 13.5. The number of nitrogens with zero attached hydrogens (tertiary/aromatic N) is 3. The third-order valence-electron chi connectivity index (χ3n) is 2.45. The van der Waals surface area contributed by atoms with E-state index in [1.165, 1.54) is 6.20 Å². The second kappa shape index (κ2) is 6.24. The van der Waals surface area contributed by atoms with Gasteiger partial charge in [-0.05, 0) is 34.0 Å². The minimum Gasteiger partial charge on any atom is -0.396 e. The van der Waals surface area contributed by atoms with Crippen LogP contribution in [0.3, 0.4) is 0 Å². The molecule has 0 fully saturated rings.